The van der Waals surface area contributed by atoms with Crippen LogP contribution in [-0.4, -0.2) is 20.7 Å². The molecule has 0 spiro atoms. The number of thiazole rings is 1. The van der Waals surface area contributed by atoms with E-state index in [-0.39, 0.29) is 5.91 Å². The van der Waals surface area contributed by atoms with Crippen LogP contribution in [0.15, 0.2) is 29.6 Å². The Labute approximate surface area is 153 Å². The van der Waals surface area contributed by atoms with E-state index in [1.807, 2.05) is 19.2 Å². The summed E-state index contributed by atoms with van der Waals surface area (Å²) in [5.74, 6) is -0.284. The molecule has 0 saturated heterocycles. The van der Waals surface area contributed by atoms with Gasteiger partial charge in [0.15, 0.2) is 10.8 Å². The van der Waals surface area contributed by atoms with Crippen LogP contribution in [0.3, 0.4) is 0 Å². The van der Waals surface area contributed by atoms with Crippen LogP contribution in [0.25, 0.3) is 11.3 Å². The topological polar surface area (TPSA) is 59.8 Å². The Kier molecular flexibility index (Phi) is 4.89. The summed E-state index contributed by atoms with van der Waals surface area (Å²) in [6.45, 7) is 4.61. The second-order valence-electron chi connectivity index (χ2n) is 5.10. The summed E-state index contributed by atoms with van der Waals surface area (Å²) in [6, 6.07) is 6.97. The number of nitrogens with one attached hydrogen (secondary N) is 1. The van der Waals surface area contributed by atoms with E-state index in [0.29, 0.717) is 26.6 Å². The highest BCUT2D eigenvalue weighted by atomic mass is 35.5. The predicted molar refractivity (Wildman–Crippen MR) is 98.2 cm³/mol. The standard InChI is InChI=1S/C16H14Cl2N4OS/c1-3-22-9(2)6-13(21-22)15(23)20-16-19-14(8-24-16)11-5-4-10(17)7-12(11)18/h4-8H,3H2,1-2H3,(H,19,20,23). The Morgan fingerprint density at radius 3 is 2.79 bits per heavy atom. The summed E-state index contributed by atoms with van der Waals surface area (Å²) in [7, 11) is 0. The first-order valence-corrected chi connectivity index (χ1v) is 8.88. The molecule has 0 fully saturated rings. The number of halogens is 2. The Balaban J connectivity index is 1.79. The lowest BCUT2D eigenvalue weighted by Gasteiger charge is -2.01. The van der Waals surface area contributed by atoms with Gasteiger partial charge < -0.3 is 0 Å². The highest BCUT2D eigenvalue weighted by Gasteiger charge is 2.15. The first kappa shape index (κ1) is 17.0. The van der Waals surface area contributed by atoms with Crippen LogP contribution in [0.2, 0.25) is 10.0 Å². The zero-order valence-electron chi connectivity index (χ0n) is 13.0. The fraction of sp³-hybridized carbons (Fsp3) is 0.188. The quantitative estimate of drug-likeness (QED) is 0.700. The summed E-state index contributed by atoms with van der Waals surface area (Å²) < 4.78 is 1.77. The average Bonchev–Trinajstić information content (AvgIpc) is 3.14. The predicted octanol–water partition coefficient (Wildman–Crippen LogP) is 4.89. The van der Waals surface area contributed by atoms with Gasteiger partial charge >= 0.3 is 0 Å². The van der Waals surface area contributed by atoms with Crippen LogP contribution in [0.4, 0.5) is 5.13 Å². The molecule has 0 unspecified atom stereocenters. The van der Waals surface area contributed by atoms with Gasteiger partial charge in [0.1, 0.15) is 0 Å². The lowest BCUT2D eigenvalue weighted by molar-refractivity contribution is 0.102. The van der Waals surface area contributed by atoms with Gasteiger partial charge in [-0.25, -0.2) is 4.98 Å². The normalized spacial score (nSPS) is 10.8. The number of benzene rings is 1. The smallest absolute Gasteiger partial charge is 0.277 e. The van der Waals surface area contributed by atoms with Gasteiger partial charge in [0.05, 0.1) is 10.7 Å². The molecule has 0 aliphatic rings. The molecular weight excluding hydrogens is 367 g/mol. The number of rotatable bonds is 4. The molecule has 1 amide bonds. The monoisotopic (exact) mass is 380 g/mol. The fourth-order valence-corrected chi connectivity index (χ4v) is 3.47. The fourth-order valence-electron chi connectivity index (χ4n) is 2.25. The van der Waals surface area contributed by atoms with E-state index in [0.717, 1.165) is 17.8 Å². The second kappa shape index (κ2) is 6.93. The van der Waals surface area contributed by atoms with Crippen LogP contribution in [0.5, 0.6) is 0 Å². The van der Waals surface area contributed by atoms with E-state index < -0.39 is 0 Å². The highest BCUT2D eigenvalue weighted by Crippen LogP contribution is 2.32. The molecule has 24 heavy (non-hydrogen) atoms. The number of nitrogens with zero attached hydrogens (tertiary/aromatic N) is 3. The molecule has 2 heterocycles. The number of amides is 1. The van der Waals surface area contributed by atoms with E-state index >= 15 is 0 Å². The number of aryl methyl sites for hydroxylation is 2. The number of hydrogen-bond acceptors (Lipinski definition) is 4. The molecule has 1 aromatic carbocycles. The third-order valence-electron chi connectivity index (χ3n) is 3.45. The summed E-state index contributed by atoms with van der Waals surface area (Å²) in [5, 5.41) is 10.4. The van der Waals surface area contributed by atoms with Crippen molar-refractivity contribution in [2.75, 3.05) is 5.32 Å². The zero-order valence-corrected chi connectivity index (χ0v) is 15.3. The second-order valence-corrected chi connectivity index (χ2v) is 6.80. The maximum Gasteiger partial charge on any atom is 0.277 e. The van der Waals surface area contributed by atoms with Gasteiger partial charge in [-0.15, -0.1) is 11.3 Å². The van der Waals surface area contributed by atoms with Crippen LogP contribution in [0.1, 0.15) is 23.1 Å². The lowest BCUT2D eigenvalue weighted by atomic mass is 10.2. The Hall–Kier alpha value is -1.89. The first-order valence-electron chi connectivity index (χ1n) is 7.24. The van der Waals surface area contributed by atoms with Crippen LogP contribution in [-0.2, 0) is 6.54 Å². The SMILES string of the molecule is CCn1nc(C(=O)Nc2nc(-c3ccc(Cl)cc3Cl)cs2)cc1C. The van der Waals surface area contributed by atoms with Crippen molar-refractivity contribution < 1.29 is 4.79 Å². The van der Waals surface area contributed by atoms with E-state index in [2.05, 4.69) is 15.4 Å². The molecule has 1 N–H and O–H groups in total. The van der Waals surface area contributed by atoms with E-state index in [1.165, 1.54) is 11.3 Å². The number of carbonyl (C=O) groups excluding carboxylic acids is 1. The number of hydrogen-bond donors (Lipinski definition) is 1. The molecule has 0 radical (unpaired) electrons. The average molecular weight is 381 g/mol. The number of aromatic nitrogens is 3. The summed E-state index contributed by atoms with van der Waals surface area (Å²) >= 11 is 13.4. The van der Waals surface area contributed by atoms with Crippen molar-refractivity contribution in [1.29, 1.82) is 0 Å². The minimum Gasteiger partial charge on any atom is -0.296 e. The largest absolute Gasteiger partial charge is 0.296 e. The van der Waals surface area contributed by atoms with Gasteiger partial charge in [-0.2, -0.15) is 5.10 Å². The van der Waals surface area contributed by atoms with Gasteiger partial charge in [-0.3, -0.25) is 14.8 Å². The van der Waals surface area contributed by atoms with Gasteiger partial charge in [-0.1, -0.05) is 23.2 Å². The Morgan fingerprint density at radius 1 is 1.33 bits per heavy atom. The molecule has 0 bridgehead atoms. The van der Waals surface area contributed by atoms with Crippen LogP contribution in [0, 0.1) is 6.92 Å². The van der Waals surface area contributed by atoms with Crippen LogP contribution >= 0.6 is 34.5 Å². The Morgan fingerprint density at radius 2 is 2.12 bits per heavy atom. The van der Waals surface area contributed by atoms with Crippen molar-refractivity contribution in [3.8, 4) is 11.3 Å². The van der Waals surface area contributed by atoms with Crippen molar-refractivity contribution in [1.82, 2.24) is 14.8 Å². The van der Waals surface area contributed by atoms with Crippen molar-refractivity contribution in [2.45, 2.75) is 20.4 Å². The van der Waals surface area contributed by atoms with Crippen molar-refractivity contribution in [3.05, 3.63) is 51.1 Å². The lowest BCUT2D eigenvalue weighted by Crippen LogP contribution is -2.13. The minimum atomic E-state index is -0.284. The van der Waals surface area contributed by atoms with Crippen molar-refractivity contribution in [2.24, 2.45) is 0 Å². The molecule has 3 aromatic rings. The van der Waals surface area contributed by atoms with Crippen molar-refractivity contribution >= 4 is 45.6 Å². The molecule has 2 aromatic heterocycles. The third-order valence-corrected chi connectivity index (χ3v) is 4.75. The Bertz CT molecular complexity index is 903. The molecule has 0 saturated carbocycles. The zero-order chi connectivity index (χ0) is 17.3. The summed E-state index contributed by atoms with van der Waals surface area (Å²) in [5.41, 5.74) is 2.77. The molecule has 0 aliphatic heterocycles. The minimum absolute atomic E-state index is 0.284. The summed E-state index contributed by atoms with van der Waals surface area (Å²) in [4.78, 5) is 16.7. The van der Waals surface area contributed by atoms with Crippen molar-refractivity contribution in [3.63, 3.8) is 0 Å². The third kappa shape index (κ3) is 3.45. The van der Waals surface area contributed by atoms with Gasteiger partial charge in [0, 0.05) is 28.2 Å². The molecule has 0 aliphatic carbocycles. The molecule has 124 valence electrons. The van der Waals surface area contributed by atoms with E-state index in [4.69, 9.17) is 23.2 Å². The van der Waals surface area contributed by atoms with Gasteiger partial charge in [0.2, 0.25) is 0 Å². The van der Waals surface area contributed by atoms with E-state index in [1.54, 1.807) is 28.9 Å². The first-order chi connectivity index (χ1) is 11.5. The maximum atomic E-state index is 12.3. The number of anilines is 1. The van der Waals surface area contributed by atoms with E-state index in [9.17, 15) is 4.79 Å². The highest BCUT2D eigenvalue weighted by molar-refractivity contribution is 7.14. The van der Waals surface area contributed by atoms with Crippen LogP contribution < -0.4 is 5.32 Å². The number of carbonyl (C=O) groups is 1. The molecule has 8 heteroatoms. The molecular formula is C16H14Cl2N4OS. The molecule has 3 rings (SSSR count). The summed E-state index contributed by atoms with van der Waals surface area (Å²) in [6.07, 6.45) is 0. The maximum absolute atomic E-state index is 12.3. The van der Waals surface area contributed by atoms with Gasteiger partial charge in [0.25, 0.3) is 5.91 Å². The molecule has 5 nitrogen and oxygen atoms in total. The van der Waals surface area contributed by atoms with Gasteiger partial charge in [-0.05, 0) is 38.1 Å². The molecule has 0 atom stereocenters.